The van der Waals surface area contributed by atoms with Crippen molar-refractivity contribution in [2.75, 3.05) is 35.3 Å². The van der Waals surface area contributed by atoms with Gasteiger partial charge in [0.2, 0.25) is 27.9 Å². The Hall–Kier alpha value is -3.33. The first-order valence-corrected chi connectivity index (χ1v) is 13.0. The van der Waals surface area contributed by atoms with E-state index in [4.69, 9.17) is 0 Å². The van der Waals surface area contributed by atoms with Gasteiger partial charge in [0.05, 0.1) is 11.2 Å². The van der Waals surface area contributed by atoms with E-state index in [-0.39, 0.29) is 35.8 Å². The van der Waals surface area contributed by atoms with Crippen LogP contribution >= 0.6 is 0 Å². The molecule has 0 aliphatic rings. The number of anilines is 4. The second-order valence-corrected chi connectivity index (χ2v) is 10.1. The van der Waals surface area contributed by atoms with Gasteiger partial charge in [0.15, 0.2) is 0 Å². The van der Waals surface area contributed by atoms with Gasteiger partial charge in [-0.05, 0) is 23.8 Å². The molecule has 33 heavy (non-hydrogen) atoms. The lowest BCUT2D eigenvalue weighted by atomic mass is 10.2. The van der Waals surface area contributed by atoms with Gasteiger partial charge >= 0.3 is 0 Å². The normalized spacial score (nSPS) is 11.7. The lowest BCUT2D eigenvalue weighted by molar-refractivity contribution is 0.483. The fourth-order valence-corrected chi connectivity index (χ4v) is 3.64. The maximum Gasteiger partial charge on any atom is 0.294 e. The molecule has 176 valence electrons. The van der Waals surface area contributed by atoms with Crippen LogP contribution in [0, 0.1) is 0 Å². The third kappa shape index (κ3) is 8.27. The summed E-state index contributed by atoms with van der Waals surface area (Å²) in [4.78, 5) is 12.5. The van der Waals surface area contributed by atoms with Crippen LogP contribution in [0.15, 0.2) is 59.5 Å². The van der Waals surface area contributed by atoms with Crippen LogP contribution in [0.2, 0.25) is 0 Å². The quantitative estimate of drug-likeness (QED) is 0.193. The van der Waals surface area contributed by atoms with E-state index in [1.165, 1.54) is 18.2 Å². The highest BCUT2D eigenvalue weighted by Crippen LogP contribution is 2.19. The number of nitrogens with one attached hydrogen (secondary N) is 4. The SMILES string of the molecule is CS(=O)(=O)NCCNc1nc(NCc2ccccc2)nc(Nc2cccc(S(=O)(=O)O)c2)n1. The molecule has 0 spiro atoms. The molecule has 0 aliphatic carbocycles. The van der Waals surface area contributed by atoms with Crippen molar-refractivity contribution in [3.63, 3.8) is 0 Å². The highest BCUT2D eigenvalue weighted by atomic mass is 32.2. The summed E-state index contributed by atoms with van der Waals surface area (Å²) in [5.74, 6) is 0.511. The predicted octanol–water partition coefficient (Wildman–Crippen LogP) is 1.44. The smallest absolute Gasteiger partial charge is 0.294 e. The van der Waals surface area contributed by atoms with E-state index in [0.717, 1.165) is 11.8 Å². The summed E-state index contributed by atoms with van der Waals surface area (Å²) in [5, 5.41) is 8.88. The Morgan fingerprint density at radius 1 is 0.818 bits per heavy atom. The molecular weight excluding hydrogens is 470 g/mol. The summed E-state index contributed by atoms with van der Waals surface area (Å²) in [6.45, 7) is 0.779. The van der Waals surface area contributed by atoms with Crippen LogP contribution < -0.4 is 20.7 Å². The van der Waals surface area contributed by atoms with Crippen molar-refractivity contribution >= 4 is 43.7 Å². The number of sulfonamides is 1. The van der Waals surface area contributed by atoms with E-state index < -0.39 is 20.1 Å². The van der Waals surface area contributed by atoms with Gasteiger partial charge in [-0.25, -0.2) is 13.1 Å². The molecule has 1 heterocycles. The molecule has 14 heteroatoms. The molecule has 1 aromatic heterocycles. The van der Waals surface area contributed by atoms with Crippen LogP contribution in [-0.2, 0) is 26.7 Å². The molecule has 3 aromatic rings. The van der Waals surface area contributed by atoms with Gasteiger partial charge in [0.1, 0.15) is 0 Å². The molecule has 2 aromatic carbocycles. The molecule has 12 nitrogen and oxygen atoms in total. The van der Waals surface area contributed by atoms with Crippen molar-refractivity contribution in [1.82, 2.24) is 19.7 Å². The number of benzene rings is 2. The van der Waals surface area contributed by atoms with Gasteiger partial charge in [-0.2, -0.15) is 23.4 Å². The van der Waals surface area contributed by atoms with Crippen LogP contribution in [0.1, 0.15) is 5.56 Å². The minimum atomic E-state index is -4.37. The van der Waals surface area contributed by atoms with E-state index in [0.29, 0.717) is 12.2 Å². The van der Waals surface area contributed by atoms with Crippen molar-refractivity contribution in [2.24, 2.45) is 0 Å². The molecule has 0 atom stereocenters. The summed E-state index contributed by atoms with van der Waals surface area (Å²) in [5.41, 5.74) is 1.33. The van der Waals surface area contributed by atoms with Crippen molar-refractivity contribution < 1.29 is 21.4 Å². The molecule has 5 N–H and O–H groups in total. The minimum absolute atomic E-state index is 0.103. The Balaban J connectivity index is 1.80. The molecule has 0 bridgehead atoms. The van der Waals surface area contributed by atoms with Gasteiger partial charge < -0.3 is 16.0 Å². The number of nitrogens with zero attached hydrogens (tertiary/aromatic N) is 3. The summed E-state index contributed by atoms with van der Waals surface area (Å²) in [6, 6.07) is 15.1. The lowest BCUT2D eigenvalue weighted by Crippen LogP contribution is -2.28. The van der Waals surface area contributed by atoms with Gasteiger partial charge in [-0.3, -0.25) is 4.55 Å². The van der Waals surface area contributed by atoms with Gasteiger partial charge in [0.25, 0.3) is 10.1 Å². The topological polar surface area (TPSA) is 175 Å². The van der Waals surface area contributed by atoms with Crippen molar-refractivity contribution in [2.45, 2.75) is 11.4 Å². The van der Waals surface area contributed by atoms with Crippen LogP contribution in [0.25, 0.3) is 0 Å². The Morgan fingerprint density at radius 3 is 2.15 bits per heavy atom. The highest BCUT2D eigenvalue weighted by Gasteiger charge is 2.12. The van der Waals surface area contributed by atoms with Crippen molar-refractivity contribution in [3.8, 4) is 0 Å². The fraction of sp³-hybridized carbons (Fsp3) is 0.211. The molecule has 0 saturated carbocycles. The van der Waals surface area contributed by atoms with E-state index >= 15 is 0 Å². The summed E-state index contributed by atoms with van der Waals surface area (Å²) < 4.78 is 56.8. The molecular formula is C19H23N7O5S2. The summed E-state index contributed by atoms with van der Waals surface area (Å²) in [7, 11) is -7.70. The average molecular weight is 494 g/mol. The van der Waals surface area contributed by atoms with Gasteiger partial charge in [-0.1, -0.05) is 36.4 Å². The van der Waals surface area contributed by atoms with E-state index in [1.807, 2.05) is 30.3 Å². The van der Waals surface area contributed by atoms with Crippen molar-refractivity contribution in [3.05, 3.63) is 60.2 Å². The molecule has 0 radical (unpaired) electrons. The first-order valence-electron chi connectivity index (χ1n) is 9.65. The lowest BCUT2D eigenvalue weighted by Gasteiger charge is -2.12. The van der Waals surface area contributed by atoms with E-state index in [2.05, 4.69) is 35.6 Å². The second-order valence-electron chi connectivity index (χ2n) is 6.87. The Kier molecular flexibility index (Phi) is 7.75. The standard InChI is InChI=1S/C19H23N7O5S2/c1-32(27,28)22-11-10-20-17-24-18(21-13-14-6-3-2-4-7-14)26-19(25-17)23-15-8-5-9-16(12-15)33(29,30)31/h2-9,12,22H,10-11,13H2,1H3,(H,29,30,31)(H3,20,21,23,24,25,26). The number of hydrogen-bond acceptors (Lipinski definition) is 10. The van der Waals surface area contributed by atoms with Gasteiger partial charge in [-0.15, -0.1) is 0 Å². The molecule has 0 fully saturated rings. The first-order chi connectivity index (χ1) is 15.6. The largest absolute Gasteiger partial charge is 0.353 e. The molecule has 0 saturated heterocycles. The second kappa shape index (κ2) is 10.5. The van der Waals surface area contributed by atoms with E-state index in [9.17, 15) is 21.4 Å². The Labute approximate surface area is 191 Å². The maximum absolute atomic E-state index is 11.4. The first kappa shape index (κ1) is 24.3. The maximum atomic E-state index is 11.4. The highest BCUT2D eigenvalue weighted by molar-refractivity contribution is 7.88. The zero-order chi connectivity index (χ0) is 23.9. The zero-order valence-corrected chi connectivity index (χ0v) is 19.2. The summed E-state index contributed by atoms with van der Waals surface area (Å²) in [6.07, 6.45) is 1.06. The molecule has 0 amide bonds. The number of hydrogen-bond donors (Lipinski definition) is 5. The monoisotopic (exact) mass is 493 g/mol. The minimum Gasteiger partial charge on any atom is -0.353 e. The fourth-order valence-electron chi connectivity index (χ4n) is 2.64. The molecule has 0 aliphatic heterocycles. The van der Waals surface area contributed by atoms with Gasteiger partial charge in [0, 0.05) is 25.3 Å². The Morgan fingerprint density at radius 2 is 1.48 bits per heavy atom. The third-order valence-electron chi connectivity index (χ3n) is 4.09. The zero-order valence-electron chi connectivity index (χ0n) is 17.6. The molecule has 3 rings (SSSR count). The van der Waals surface area contributed by atoms with Crippen LogP contribution in [0.4, 0.5) is 23.5 Å². The van der Waals surface area contributed by atoms with E-state index in [1.54, 1.807) is 6.07 Å². The van der Waals surface area contributed by atoms with Crippen LogP contribution in [0.3, 0.4) is 0 Å². The Bertz CT molecular complexity index is 1300. The predicted molar refractivity (Wildman–Crippen MR) is 124 cm³/mol. The summed E-state index contributed by atoms with van der Waals surface area (Å²) >= 11 is 0. The molecule has 0 unspecified atom stereocenters. The third-order valence-corrected chi connectivity index (χ3v) is 5.67. The van der Waals surface area contributed by atoms with Crippen LogP contribution in [0.5, 0.6) is 0 Å². The number of rotatable bonds is 11. The number of aromatic nitrogens is 3. The van der Waals surface area contributed by atoms with Crippen molar-refractivity contribution in [1.29, 1.82) is 0 Å². The average Bonchev–Trinajstić information content (AvgIpc) is 2.75. The van der Waals surface area contributed by atoms with Crippen LogP contribution in [-0.4, -0.2) is 55.7 Å².